The van der Waals surface area contributed by atoms with Gasteiger partial charge < -0.3 is 19.5 Å². The lowest BCUT2D eigenvalue weighted by Gasteiger charge is -2.17. The highest BCUT2D eigenvalue weighted by molar-refractivity contribution is 8.14. The molecule has 9 heteroatoms. The number of carbonyl (C=O) groups excluding carboxylic acids is 2. The minimum Gasteiger partial charge on any atom is -0.497 e. The zero-order chi connectivity index (χ0) is 24.2. The van der Waals surface area contributed by atoms with Crippen LogP contribution in [0.25, 0.3) is 6.08 Å². The minimum atomic E-state index is -0.271. The van der Waals surface area contributed by atoms with Crippen molar-refractivity contribution in [1.29, 1.82) is 0 Å². The Morgan fingerprint density at radius 2 is 1.86 bits per heavy atom. The molecule has 8 nitrogen and oxygen atoms in total. The molecule has 0 bridgehead atoms. The van der Waals surface area contributed by atoms with Crippen LogP contribution in [0.4, 0.5) is 11.4 Å². The van der Waals surface area contributed by atoms with Crippen LogP contribution >= 0.6 is 11.8 Å². The van der Waals surface area contributed by atoms with Crippen molar-refractivity contribution in [2.24, 2.45) is 4.99 Å². The van der Waals surface area contributed by atoms with E-state index in [4.69, 9.17) is 14.2 Å². The predicted octanol–water partition coefficient (Wildman–Crippen LogP) is 4.54. The number of amides is 2. The lowest BCUT2D eigenvalue weighted by Crippen LogP contribution is -2.31. The summed E-state index contributed by atoms with van der Waals surface area (Å²) in [5.41, 5.74) is 2.36. The van der Waals surface area contributed by atoms with Crippen LogP contribution in [0.5, 0.6) is 17.2 Å². The highest BCUT2D eigenvalue weighted by Gasteiger charge is 2.32. The van der Waals surface area contributed by atoms with E-state index in [1.807, 2.05) is 36.4 Å². The van der Waals surface area contributed by atoms with Crippen molar-refractivity contribution in [3.8, 4) is 17.2 Å². The summed E-state index contributed by atoms with van der Waals surface area (Å²) >= 11 is 1.19. The number of ether oxygens (including phenoxy) is 3. The van der Waals surface area contributed by atoms with Crippen LogP contribution in [0, 0.1) is 0 Å². The van der Waals surface area contributed by atoms with E-state index in [2.05, 4.69) is 10.3 Å². The molecule has 0 unspecified atom stereocenters. The maximum Gasteiger partial charge on any atom is 0.283 e. The Kier molecular flexibility index (Phi) is 6.40. The Bertz CT molecular complexity index is 1320. The Morgan fingerprint density at radius 1 is 1.09 bits per heavy atom. The molecule has 0 radical (unpaired) electrons. The molecule has 2 aliphatic rings. The molecule has 0 aromatic heterocycles. The van der Waals surface area contributed by atoms with Crippen LogP contribution in [-0.2, 0) is 9.59 Å². The first kappa shape index (κ1) is 22.5. The third kappa shape index (κ3) is 4.99. The van der Waals surface area contributed by atoms with Crippen molar-refractivity contribution in [2.45, 2.75) is 0 Å². The molecule has 2 heterocycles. The number of thioether (sulfide) groups is 1. The molecule has 35 heavy (non-hydrogen) atoms. The Balaban J connectivity index is 1.35. The molecule has 2 aliphatic heterocycles. The summed E-state index contributed by atoms with van der Waals surface area (Å²) in [6, 6.07) is 21.7. The van der Waals surface area contributed by atoms with Gasteiger partial charge in [0, 0.05) is 5.69 Å². The summed E-state index contributed by atoms with van der Waals surface area (Å²) in [6.07, 6.45) is 1.70. The molecule has 5 rings (SSSR count). The quantitative estimate of drug-likeness (QED) is 0.514. The second-order valence-electron chi connectivity index (χ2n) is 7.58. The van der Waals surface area contributed by atoms with E-state index >= 15 is 0 Å². The third-order valence-corrected chi connectivity index (χ3v) is 6.19. The highest BCUT2D eigenvalue weighted by atomic mass is 32.2. The first-order valence-corrected chi connectivity index (χ1v) is 11.8. The van der Waals surface area contributed by atoms with Crippen molar-refractivity contribution in [1.82, 2.24) is 0 Å². The lowest BCUT2D eigenvalue weighted by atomic mass is 10.1. The number of nitrogens with zero attached hydrogens (tertiary/aromatic N) is 2. The van der Waals surface area contributed by atoms with Gasteiger partial charge in [-0.25, -0.2) is 4.99 Å². The maximum absolute atomic E-state index is 13.3. The molecule has 0 saturated carbocycles. The largest absolute Gasteiger partial charge is 0.497 e. The van der Waals surface area contributed by atoms with Gasteiger partial charge in [-0.05, 0) is 60.2 Å². The summed E-state index contributed by atoms with van der Waals surface area (Å²) in [7, 11) is 1.58. The van der Waals surface area contributed by atoms with E-state index in [9.17, 15) is 9.59 Å². The molecular weight excluding hydrogens is 466 g/mol. The van der Waals surface area contributed by atoms with E-state index in [-0.39, 0.29) is 30.1 Å². The number of hydrogen-bond acceptors (Lipinski definition) is 7. The van der Waals surface area contributed by atoms with Crippen LogP contribution in [-0.4, -0.2) is 36.6 Å². The van der Waals surface area contributed by atoms with Crippen LogP contribution in [0.2, 0.25) is 0 Å². The summed E-state index contributed by atoms with van der Waals surface area (Å²) in [4.78, 5) is 32.0. The monoisotopic (exact) mass is 487 g/mol. The van der Waals surface area contributed by atoms with Crippen molar-refractivity contribution < 1.29 is 23.8 Å². The number of rotatable bonds is 6. The number of para-hydroxylation sites is 1. The van der Waals surface area contributed by atoms with Gasteiger partial charge in [0.2, 0.25) is 12.7 Å². The molecule has 0 fully saturated rings. The van der Waals surface area contributed by atoms with Crippen molar-refractivity contribution in [2.75, 3.05) is 29.9 Å². The normalized spacial score (nSPS) is 15.3. The second kappa shape index (κ2) is 9.94. The Hall–Kier alpha value is -4.24. The predicted molar refractivity (Wildman–Crippen MR) is 136 cm³/mol. The van der Waals surface area contributed by atoms with Crippen molar-refractivity contribution in [3.05, 3.63) is 84.1 Å². The van der Waals surface area contributed by atoms with E-state index in [0.717, 1.165) is 5.56 Å². The zero-order valence-corrected chi connectivity index (χ0v) is 19.6. The van der Waals surface area contributed by atoms with Gasteiger partial charge in [0.15, 0.2) is 16.7 Å². The SMILES string of the molecule is COc1ccc(NC(=O)CSC2=N/C(=C/c3ccc4c(c3)OCO4)C(=O)N2c2ccccc2)cc1. The molecule has 0 saturated heterocycles. The Morgan fingerprint density at radius 3 is 2.63 bits per heavy atom. The topological polar surface area (TPSA) is 89.5 Å². The zero-order valence-electron chi connectivity index (χ0n) is 18.8. The molecule has 2 amide bonds. The first-order valence-electron chi connectivity index (χ1n) is 10.8. The number of nitrogens with one attached hydrogen (secondary N) is 1. The number of hydrogen-bond donors (Lipinski definition) is 1. The summed E-state index contributed by atoms with van der Waals surface area (Å²) < 4.78 is 15.9. The van der Waals surface area contributed by atoms with Crippen LogP contribution in [0.1, 0.15) is 5.56 Å². The molecule has 0 spiro atoms. The van der Waals surface area contributed by atoms with Crippen molar-refractivity contribution >= 4 is 46.2 Å². The summed E-state index contributed by atoms with van der Waals surface area (Å²) in [6.45, 7) is 0.174. The molecule has 1 N–H and O–H groups in total. The van der Waals surface area contributed by atoms with E-state index in [0.29, 0.717) is 33.8 Å². The molecule has 0 aliphatic carbocycles. The number of aliphatic imine (C=N–C) groups is 1. The summed E-state index contributed by atoms with van der Waals surface area (Å²) in [5, 5.41) is 3.27. The second-order valence-corrected chi connectivity index (χ2v) is 8.52. The lowest BCUT2D eigenvalue weighted by molar-refractivity contribution is -0.114. The van der Waals surface area contributed by atoms with Gasteiger partial charge in [0.1, 0.15) is 11.4 Å². The molecular formula is C26H21N3O5S. The number of fused-ring (bicyclic) bond motifs is 1. The van der Waals surface area contributed by atoms with Crippen molar-refractivity contribution in [3.63, 3.8) is 0 Å². The number of methoxy groups -OCH3 is 1. The summed E-state index contributed by atoms with van der Waals surface area (Å²) in [5.74, 6) is 1.59. The molecule has 0 atom stereocenters. The molecule has 3 aromatic rings. The Labute approximate surface area is 206 Å². The van der Waals surface area contributed by atoms with E-state index in [1.54, 1.807) is 49.6 Å². The standard InChI is InChI=1S/C26H21N3O5S/c1-32-20-10-8-18(9-11-20)27-24(30)15-35-26-28-21(25(31)29(26)19-5-3-2-4-6-19)13-17-7-12-22-23(14-17)34-16-33-22/h2-14H,15-16H2,1H3,(H,27,30)/b21-13+. The van der Waals surface area contributed by atoms with E-state index < -0.39 is 0 Å². The first-order chi connectivity index (χ1) is 17.1. The number of anilines is 2. The highest BCUT2D eigenvalue weighted by Crippen LogP contribution is 2.34. The van der Waals surface area contributed by atoms with Crippen LogP contribution in [0.15, 0.2) is 83.5 Å². The number of benzene rings is 3. The fraction of sp³-hybridized carbons (Fsp3) is 0.115. The molecule has 3 aromatic carbocycles. The van der Waals surface area contributed by atoms with Gasteiger partial charge in [-0.3, -0.25) is 14.5 Å². The van der Waals surface area contributed by atoms with Crippen LogP contribution in [0.3, 0.4) is 0 Å². The fourth-order valence-electron chi connectivity index (χ4n) is 3.56. The smallest absolute Gasteiger partial charge is 0.283 e. The number of amidine groups is 1. The van der Waals surface area contributed by atoms with Gasteiger partial charge in [0.25, 0.3) is 5.91 Å². The molecule has 176 valence electrons. The average molecular weight is 488 g/mol. The van der Waals surface area contributed by atoms with Gasteiger partial charge in [-0.1, -0.05) is 36.0 Å². The van der Waals surface area contributed by atoms with Gasteiger partial charge in [-0.15, -0.1) is 0 Å². The maximum atomic E-state index is 13.3. The van der Waals surface area contributed by atoms with E-state index in [1.165, 1.54) is 16.7 Å². The van der Waals surface area contributed by atoms with Crippen LogP contribution < -0.4 is 24.4 Å². The average Bonchev–Trinajstić information content (AvgIpc) is 3.47. The fourth-order valence-corrected chi connectivity index (χ4v) is 4.37. The van der Waals surface area contributed by atoms with Gasteiger partial charge in [-0.2, -0.15) is 0 Å². The minimum absolute atomic E-state index is 0.0821. The number of carbonyl (C=O) groups is 2. The third-order valence-electron chi connectivity index (χ3n) is 5.25. The van der Waals surface area contributed by atoms with Gasteiger partial charge in [0.05, 0.1) is 18.6 Å². The van der Waals surface area contributed by atoms with Gasteiger partial charge >= 0.3 is 0 Å².